The Balaban J connectivity index is 1.51. The summed E-state index contributed by atoms with van der Waals surface area (Å²) in [6.45, 7) is 2.08. The first kappa shape index (κ1) is 18.6. The van der Waals surface area contributed by atoms with E-state index in [1.165, 1.54) is 18.6 Å². The number of aromatic nitrogens is 1. The first-order chi connectivity index (χ1) is 12.8. The number of nitrogens with zero attached hydrogens (tertiary/aromatic N) is 2. The fourth-order valence-corrected chi connectivity index (χ4v) is 4.03. The summed E-state index contributed by atoms with van der Waals surface area (Å²) in [5, 5.41) is 7.47. The number of thioether (sulfide) groups is 1. The van der Waals surface area contributed by atoms with Gasteiger partial charge in [0.15, 0.2) is 5.96 Å². The van der Waals surface area contributed by atoms with Crippen molar-refractivity contribution in [2.24, 2.45) is 4.99 Å². The zero-order valence-electron chi connectivity index (χ0n) is 15.1. The Morgan fingerprint density at radius 2 is 2.12 bits per heavy atom. The summed E-state index contributed by atoms with van der Waals surface area (Å²) in [5.41, 5.74) is 2.14. The van der Waals surface area contributed by atoms with Crippen molar-refractivity contribution in [1.82, 2.24) is 15.6 Å². The van der Waals surface area contributed by atoms with E-state index in [2.05, 4.69) is 20.6 Å². The monoisotopic (exact) mass is 370 g/mol. The number of benzene rings is 1. The van der Waals surface area contributed by atoms with Crippen LogP contribution in [0.15, 0.2) is 53.7 Å². The second kappa shape index (κ2) is 10.1. The molecule has 1 aliphatic rings. The maximum atomic E-state index is 5.92. The Kier molecular flexibility index (Phi) is 7.19. The van der Waals surface area contributed by atoms with Crippen LogP contribution in [0.1, 0.15) is 24.0 Å². The van der Waals surface area contributed by atoms with E-state index in [0.717, 1.165) is 23.6 Å². The average Bonchev–Trinajstić information content (AvgIpc) is 3.21. The number of pyridine rings is 1. The van der Waals surface area contributed by atoms with E-state index in [1.807, 2.05) is 54.2 Å². The van der Waals surface area contributed by atoms with Gasteiger partial charge in [0, 0.05) is 37.1 Å². The van der Waals surface area contributed by atoms with Crippen LogP contribution < -0.4 is 15.4 Å². The van der Waals surface area contributed by atoms with E-state index in [1.54, 1.807) is 13.2 Å². The summed E-state index contributed by atoms with van der Waals surface area (Å²) in [6.07, 6.45) is 4.36. The molecule has 138 valence electrons. The van der Waals surface area contributed by atoms with Gasteiger partial charge in [-0.2, -0.15) is 11.8 Å². The highest BCUT2D eigenvalue weighted by Gasteiger charge is 2.15. The molecule has 1 atom stereocenters. The number of guanidine groups is 1. The summed E-state index contributed by atoms with van der Waals surface area (Å²) < 4.78 is 5.92. The van der Waals surface area contributed by atoms with Crippen molar-refractivity contribution < 1.29 is 4.74 Å². The van der Waals surface area contributed by atoms with Gasteiger partial charge in [-0.15, -0.1) is 0 Å². The van der Waals surface area contributed by atoms with Crippen LogP contribution in [-0.4, -0.2) is 35.5 Å². The quantitative estimate of drug-likeness (QED) is 0.579. The maximum absolute atomic E-state index is 5.92. The normalized spacial score (nSPS) is 17.1. The summed E-state index contributed by atoms with van der Waals surface area (Å²) in [6, 6.07) is 14.1. The van der Waals surface area contributed by atoms with Crippen molar-refractivity contribution in [2.75, 3.05) is 19.3 Å². The topological polar surface area (TPSA) is 58.5 Å². The molecule has 0 spiro atoms. The van der Waals surface area contributed by atoms with Crippen LogP contribution in [0.3, 0.4) is 0 Å². The Morgan fingerprint density at radius 1 is 1.23 bits per heavy atom. The molecule has 0 saturated carbocycles. The van der Waals surface area contributed by atoms with Gasteiger partial charge < -0.3 is 15.4 Å². The van der Waals surface area contributed by atoms with Gasteiger partial charge in [0.1, 0.15) is 6.61 Å². The van der Waals surface area contributed by atoms with E-state index in [4.69, 9.17) is 4.74 Å². The first-order valence-corrected chi connectivity index (χ1v) is 10.1. The fraction of sp³-hybridized carbons (Fsp3) is 0.400. The number of hydrogen-bond donors (Lipinski definition) is 2. The van der Waals surface area contributed by atoms with Gasteiger partial charge in [0.2, 0.25) is 5.88 Å². The summed E-state index contributed by atoms with van der Waals surface area (Å²) in [4.78, 5) is 8.69. The van der Waals surface area contributed by atoms with Crippen LogP contribution in [0.4, 0.5) is 0 Å². The molecule has 2 aromatic rings. The first-order valence-electron chi connectivity index (χ1n) is 9.02. The second-order valence-corrected chi connectivity index (χ2v) is 7.59. The van der Waals surface area contributed by atoms with Gasteiger partial charge in [0.05, 0.1) is 0 Å². The highest BCUT2D eigenvalue weighted by Crippen LogP contribution is 2.25. The third-order valence-corrected chi connectivity index (χ3v) is 5.66. The lowest BCUT2D eigenvalue weighted by molar-refractivity contribution is 0.290. The van der Waals surface area contributed by atoms with Gasteiger partial charge >= 0.3 is 0 Å². The van der Waals surface area contributed by atoms with Crippen molar-refractivity contribution in [2.45, 2.75) is 31.2 Å². The standard InChI is InChI=1S/C20H26N4OS/c1-21-20(24-14-18-10-6-12-26-18)23-13-17-9-5-11-22-19(17)25-15-16-7-3-2-4-8-16/h2-5,7-9,11,18H,6,10,12-15H2,1H3,(H2,21,23,24). The summed E-state index contributed by atoms with van der Waals surface area (Å²) in [5.74, 6) is 2.75. The molecule has 5 nitrogen and oxygen atoms in total. The largest absolute Gasteiger partial charge is 0.473 e. The highest BCUT2D eigenvalue weighted by atomic mass is 32.2. The summed E-state index contributed by atoms with van der Waals surface area (Å²) >= 11 is 2.04. The average molecular weight is 371 g/mol. The van der Waals surface area contributed by atoms with E-state index >= 15 is 0 Å². The molecule has 1 aliphatic heterocycles. The molecule has 1 unspecified atom stereocenters. The SMILES string of the molecule is CN=C(NCc1cccnc1OCc1ccccc1)NCC1CCCS1. The Bertz CT molecular complexity index is 702. The van der Waals surface area contributed by atoms with Crippen LogP contribution >= 0.6 is 11.8 Å². The zero-order valence-corrected chi connectivity index (χ0v) is 16.0. The number of aliphatic imine (C=N–C) groups is 1. The van der Waals surface area contributed by atoms with Crippen LogP contribution in [-0.2, 0) is 13.2 Å². The minimum atomic E-state index is 0.511. The second-order valence-electron chi connectivity index (χ2n) is 6.18. The van der Waals surface area contributed by atoms with Crippen LogP contribution in [0, 0.1) is 0 Å². The number of nitrogens with one attached hydrogen (secondary N) is 2. The molecule has 0 aliphatic carbocycles. The van der Waals surface area contributed by atoms with Crippen LogP contribution in [0.5, 0.6) is 5.88 Å². The zero-order chi connectivity index (χ0) is 18.0. The molecule has 0 radical (unpaired) electrons. The van der Waals surface area contributed by atoms with Crippen molar-refractivity contribution in [3.05, 3.63) is 59.8 Å². The summed E-state index contributed by atoms with van der Waals surface area (Å²) in [7, 11) is 1.80. The van der Waals surface area contributed by atoms with Gasteiger partial charge in [-0.25, -0.2) is 4.98 Å². The fourth-order valence-electron chi connectivity index (χ4n) is 2.83. The van der Waals surface area contributed by atoms with Crippen molar-refractivity contribution >= 4 is 17.7 Å². The van der Waals surface area contributed by atoms with Crippen LogP contribution in [0.2, 0.25) is 0 Å². The molecule has 2 N–H and O–H groups in total. The van der Waals surface area contributed by atoms with Gasteiger partial charge in [-0.1, -0.05) is 36.4 Å². The molecule has 1 aromatic heterocycles. The Labute approximate surface area is 159 Å². The van der Waals surface area contributed by atoms with E-state index in [-0.39, 0.29) is 0 Å². The maximum Gasteiger partial charge on any atom is 0.218 e. The van der Waals surface area contributed by atoms with E-state index in [0.29, 0.717) is 24.3 Å². The molecule has 2 heterocycles. The third-order valence-electron chi connectivity index (χ3n) is 4.26. The number of hydrogen-bond acceptors (Lipinski definition) is 4. The minimum absolute atomic E-state index is 0.511. The van der Waals surface area contributed by atoms with Gasteiger partial charge in [-0.3, -0.25) is 4.99 Å². The third kappa shape index (κ3) is 5.66. The van der Waals surface area contributed by atoms with E-state index < -0.39 is 0 Å². The molecule has 1 fully saturated rings. The smallest absolute Gasteiger partial charge is 0.218 e. The van der Waals surface area contributed by atoms with E-state index in [9.17, 15) is 0 Å². The predicted octanol–water partition coefficient (Wildman–Crippen LogP) is 3.22. The molecule has 1 saturated heterocycles. The molecular weight excluding hydrogens is 344 g/mol. The minimum Gasteiger partial charge on any atom is -0.473 e. The van der Waals surface area contributed by atoms with Crippen molar-refractivity contribution in [1.29, 1.82) is 0 Å². The highest BCUT2D eigenvalue weighted by molar-refractivity contribution is 8.00. The predicted molar refractivity (Wildman–Crippen MR) is 109 cm³/mol. The molecule has 0 amide bonds. The lowest BCUT2D eigenvalue weighted by Gasteiger charge is -2.16. The number of rotatable bonds is 7. The molecule has 3 rings (SSSR count). The Morgan fingerprint density at radius 3 is 2.88 bits per heavy atom. The number of ether oxygens (including phenoxy) is 1. The van der Waals surface area contributed by atoms with Crippen molar-refractivity contribution in [3.8, 4) is 5.88 Å². The van der Waals surface area contributed by atoms with Crippen LogP contribution in [0.25, 0.3) is 0 Å². The van der Waals surface area contributed by atoms with Crippen molar-refractivity contribution in [3.63, 3.8) is 0 Å². The molecule has 0 bridgehead atoms. The molecular formula is C20H26N4OS. The van der Waals surface area contributed by atoms with Gasteiger partial charge in [0.25, 0.3) is 0 Å². The molecule has 26 heavy (non-hydrogen) atoms. The van der Waals surface area contributed by atoms with Gasteiger partial charge in [-0.05, 0) is 30.2 Å². The lowest BCUT2D eigenvalue weighted by atomic mass is 10.2. The lowest BCUT2D eigenvalue weighted by Crippen LogP contribution is -2.39. The Hall–Kier alpha value is -2.21. The molecule has 1 aromatic carbocycles. The molecule has 6 heteroatoms.